The van der Waals surface area contributed by atoms with Crippen molar-refractivity contribution in [2.75, 3.05) is 18.8 Å². The number of sulfonamides is 1. The highest BCUT2D eigenvalue weighted by molar-refractivity contribution is 7.99. The number of hydrogen-bond donors (Lipinski definition) is 0. The Morgan fingerprint density at radius 1 is 1.00 bits per heavy atom. The molecule has 1 saturated heterocycles. The maximum atomic E-state index is 14.0. The van der Waals surface area contributed by atoms with E-state index in [1.807, 2.05) is 0 Å². The first-order chi connectivity index (χ1) is 13.1. The molecule has 2 aromatic carbocycles. The minimum Gasteiger partial charge on any atom is -0.207 e. The lowest BCUT2D eigenvalue weighted by molar-refractivity contribution is -0.137. The van der Waals surface area contributed by atoms with E-state index in [9.17, 15) is 30.4 Å². The molecule has 1 unspecified atom stereocenters. The van der Waals surface area contributed by atoms with Crippen molar-refractivity contribution in [2.45, 2.75) is 22.7 Å². The average Bonchev–Trinajstić information content (AvgIpc) is 2.90. The van der Waals surface area contributed by atoms with Crippen molar-refractivity contribution in [3.8, 4) is 0 Å². The average molecular weight is 437 g/mol. The monoisotopic (exact) mass is 437 g/mol. The number of nitrogens with zero attached hydrogens (tertiary/aromatic N) is 1. The van der Waals surface area contributed by atoms with Crippen LogP contribution in [-0.4, -0.2) is 31.6 Å². The summed E-state index contributed by atoms with van der Waals surface area (Å²) in [6.07, 6.45) is -4.30. The van der Waals surface area contributed by atoms with Crippen LogP contribution in [0.1, 0.15) is 22.8 Å². The summed E-state index contributed by atoms with van der Waals surface area (Å²) in [4.78, 5) is -0.235. The maximum absolute atomic E-state index is 14.0. The Morgan fingerprint density at radius 2 is 1.68 bits per heavy atom. The molecule has 1 heterocycles. The Labute approximate surface area is 163 Å². The van der Waals surface area contributed by atoms with Crippen molar-refractivity contribution in [3.05, 3.63) is 65.2 Å². The third kappa shape index (κ3) is 4.49. The standard InChI is InChI=1S/C18H16F5NO2S2/c19-13-3-6-16(20)15(11-13)17-7-8-24(9-10-27-17)28(25,26)14-4-1-12(2-5-14)18(21,22)23/h1-6,11,17H,7-10H2. The maximum Gasteiger partial charge on any atom is 0.416 e. The largest absolute Gasteiger partial charge is 0.416 e. The van der Waals surface area contributed by atoms with Gasteiger partial charge in [-0.25, -0.2) is 17.2 Å². The van der Waals surface area contributed by atoms with Crippen molar-refractivity contribution in [2.24, 2.45) is 0 Å². The lowest BCUT2D eigenvalue weighted by atomic mass is 10.1. The number of hydrogen-bond acceptors (Lipinski definition) is 3. The molecule has 1 aliphatic rings. The fraction of sp³-hybridized carbons (Fsp3) is 0.333. The highest BCUT2D eigenvalue weighted by Crippen LogP contribution is 2.37. The van der Waals surface area contributed by atoms with Gasteiger partial charge < -0.3 is 0 Å². The molecule has 0 amide bonds. The fourth-order valence-electron chi connectivity index (χ4n) is 2.97. The van der Waals surface area contributed by atoms with Gasteiger partial charge in [0.2, 0.25) is 10.0 Å². The van der Waals surface area contributed by atoms with Crippen LogP contribution in [0.15, 0.2) is 47.4 Å². The van der Waals surface area contributed by atoms with E-state index in [0.29, 0.717) is 5.75 Å². The zero-order valence-corrected chi connectivity index (χ0v) is 16.1. The van der Waals surface area contributed by atoms with Gasteiger partial charge in [0, 0.05) is 29.7 Å². The predicted octanol–water partition coefficient (Wildman–Crippen LogP) is 4.85. The van der Waals surface area contributed by atoms with Crippen LogP contribution in [0.3, 0.4) is 0 Å². The molecule has 1 atom stereocenters. The van der Waals surface area contributed by atoms with Crippen molar-refractivity contribution >= 4 is 21.8 Å². The Hall–Kier alpha value is -1.65. The fourth-order valence-corrected chi connectivity index (χ4v) is 5.78. The van der Waals surface area contributed by atoms with E-state index >= 15 is 0 Å². The quantitative estimate of drug-likeness (QED) is 0.644. The molecule has 0 spiro atoms. The van der Waals surface area contributed by atoms with Gasteiger partial charge in [0.05, 0.1) is 10.5 Å². The van der Waals surface area contributed by atoms with Crippen molar-refractivity contribution in [1.29, 1.82) is 0 Å². The molecule has 1 fully saturated rings. The molecule has 0 radical (unpaired) electrons. The summed E-state index contributed by atoms with van der Waals surface area (Å²) in [5, 5.41) is -0.413. The first kappa shape index (κ1) is 21.1. The first-order valence-corrected chi connectivity index (χ1v) is 10.8. The summed E-state index contributed by atoms with van der Waals surface area (Å²) in [6.45, 7) is 0.179. The summed E-state index contributed by atoms with van der Waals surface area (Å²) in [6, 6.07) is 6.47. The van der Waals surface area contributed by atoms with Crippen LogP contribution >= 0.6 is 11.8 Å². The van der Waals surface area contributed by atoms with Gasteiger partial charge in [0.25, 0.3) is 0 Å². The van der Waals surface area contributed by atoms with Crippen LogP contribution in [-0.2, 0) is 16.2 Å². The number of thioether (sulfide) groups is 1. The van der Waals surface area contributed by atoms with Crippen LogP contribution in [0.2, 0.25) is 0 Å². The lowest BCUT2D eigenvalue weighted by Gasteiger charge is -2.20. The van der Waals surface area contributed by atoms with E-state index in [1.54, 1.807) is 0 Å². The highest BCUT2D eigenvalue weighted by Gasteiger charge is 2.32. The topological polar surface area (TPSA) is 37.4 Å². The Morgan fingerprint density at radius 3 is 2.32 bits per heavy atom. The smallest absolute Gasteiger partial charge is 0.207 e. The molecule has 3 rings (SSSR count). The molecular weight excluding hydrogens is 421 g/mol. The van der Waals surface area contributed by atoms with E-state index in [0.717, 1.165) is 42.5 Å². The number of halogens is 5. The lowest BCUT2D eigenvalue weighted by Crippen LogP contribution is -2.33. The molecule has 10 heteroatoms. The van der Waals surface area contributed by atoms with Gasteiger partial charge >= 0.3 is 6.18 Å². The Kier molecular flexibility index (Phi) is 6.02. The molecule has 0 aliphatic carbocycles. The highest BCUT2D eigenvalue weighted by atomic mass is 32.2. The van der Waals surface area contributed by atoms with Crippen LogP contribution in [0.5, 0.6) is 0 Å². The molecule has 152 valence electrons. The molecule has 0 N–H and O–H groups in total. The third-order valence-corrected chi connectivity index (χ3v) is 7.65. The van der Waals surface area contributed by atoms with Gasteiger partial charge in [-0.2, -0.15) is 29.2 Å². The zero-order chi connectivity index (χ0) is 20.5. The molecule has 0 bridgehead atoms. The summed E-state index contributed by atoms with van der Waals surface area (Å²) in [5.74, 6) is -0.783. The van der Waals surface area contributed by atoms with Crippen LogP contribution in [0.4, 0.5) is 22.0 Å². The summed E-state index contributed by atoms with van der Waals surface area (Å²) >= 11 is 1.32. The first-order valence-electron chi connectivity index (χ1n) is 8.33. The number of rotatable bonds is 3. The number of benzene rings is 2. The Balaban J connectivity index is 1.78. The van der Waals surface area contributed by atoms with E-state index in [-0.39, 0.29) is 30.0 Å². The van der Waals surface area contributed by atoms with E-state index in [2.05, 4.69) is 0 Å². The van der Waals surface area contributed by atoms with Gasteiger partial charge in [-0.1, -0.05) is 0 Å². The van der Waals surface area contributed by atoms with Gasteiger partial charge in [0.15, 0.2) is 0 Å². The zero-order valence-electron chi connectivity index (χ0n) is 14.4. The SMILES string of the molecule is O=S(=O)(c1ccc(C(F)(F)F)cc1)N1CCSC(c2cc(F)ccc2F)CC1. The summed E-state index contributed by atoms with van der Waals surface area (Å²) in [5.41, 5.74) is -0.752. The van der Waals surface area contributed by atoms with Gasteiger partial charge in [-0.3, -0.25) is 0 Å². The molecule has 28 heavy (non-hydrogen) atoms. The second-order valence-corrected chi connectivity index (χ2v) is 9.49. The van der Waals surface area contributed by atoms with E-state index in [1.165, 1.54) is 16.1 Å². The Bertz CT molecular complexity index is 945. The molecule has 3 nitrogen and oxygen atoms in total. The van der Waals surface area contributed by atoms with Crippen LogP contribution in [0, 0.1) is 11.6 Å². The van der Waals surface area contributed by atoms with Gasteiger partial charge in [-0.05, 0) is 48.9 Å². The second-order valence-electron chi connectivity index (χ2n) is 6.24. The van der Waals surface area contributed by atoms with E-state index in [4.69, 9.17) is 0 Å². The minimum atomic E-state index is -4.55. The normalized spacial score (nSPS) is 19.4. The van der Waals surface area contributed by atoms with Crippen LogP contribution in [0.25, 0.3) is 0 Å². The van der Waals surface area contributed by atoms with Crippen molar-refractivity contribution in [3.63, 3.8) is 0 Å². The predicted molar refractivity (Wildman–Crippen MR) is 96.4 cm³/mol. The molecule has 0 saturated carbocycles. The second kappa shape index (κ2) is 8.00. The summed E-state index contributed by atoms with van der Waals surface area (Å²) < 4.78 is 92.2. The molecular formula is C18H16F5NO2S2. The molecule has 2 aromatic rings. The van der Waals surface area contributed by atoms with Crippen molar-refractivity contribution in [1.82, 2.24) is 4.31 Å². The van der Waals surface area contributed by atoms with Gasteiger partial charge in [0.1, 0.15) is 11.6 Å². The third-order valence-electron chi connectivity index (χ3n) is 4.42. The molecule has 1 aliphatic heterocycles. The number of alkyl halides is 3. The summed E-state index contributed by atoms with van der Waals surface area (Å²) in [7, 11) is -3.99. The van der Waals surface area contributed by atoms with Crippen LogP contribution < -0.4 is 0 Å². The van der Waals surface area contributed by atoms with Crippen molar-refractivity contribution < 1.29 is 30.4 Å². The molecule has 0 aromatic heterocycles. The van der Waals surface area contributed by atoms with Gasteiger partial charge in [-0.15, -0.1) is 0 Å². The van der Waals surface area contributed by atoms with E-state index < -0.39 is 38.6 Å². The minimum absolute atomic E-state index is 0.0526.